The molecule has 7 heteroatoms. The normalized spacial score (nSPS) is 16.2. The number of aromatic nitrogens is 1. The van der Waals surface area contributed by atoms with Crippen LogP contribution < -0.4 is 0 Å². The Hall–Kier alpha value is -2.48. The molecular weight excluding hydrogens is 386 g/mol. The summed E-state index contributed by atoms with van der Waals surface area (Å²) in [6.45, 7) is 6.87. The van der Waals surface area contributed by atoms with Crippen molar-refractivity contribution >= 4 is 10.0 Å². The standard InChI is InChI=1S/C22H25N3O3S/c1-17-21(18(2)28-23-17)16-24-12-14-25(15-13-24)29(26,27)22-11-7-6-10-20(22)19-8-4-3-5-9-19/h3-11H,12-16H2,1-2H3. The minimum atomic E-state index is -3.57. The Morgan fingerprint density at radius 2 is 1.59 bits per heavy atom. The summed E-state index contributed by atoms with van der Waals surface area (Å²) < 4.78 is 33.6. The Labute approximate surface area is 171 Å². The zero-order valence-corrected chi connectivity index (χ0v) is 17.5. The number of benzene rings is 2. The summed E-state index contributed by atoms with van der Waals surface area (Å²) in [7, 11) is -3.57. The molecule has 152 valence electrons. The number of piperazine rings is 1. The van der Waals surface area contributed by atoms with Crippen LogP contribution in [-0.2, 0) is 16.6 Å². The van der Waals surface area contributed by atoms with Gasteiger partial charge in [0, 0.05) is 43.9 Å². The van der Waals surface area contributed by atoms with Crippen molar-refractivity contribution < 1.29 is 12.9 Å². The molecule has 0 amide bonds. The van der Waals surface area contributed by atoms with Gasteiger partial charge in [-0.25, -0.2) is 8.42 Å². The van der Waals surface area contributed by atoms with E-state index in [2.05, 4.69) is 10.1 Å². The Balaban J connectivity index is 1.52. The van der Waals surface area contributed by atoms with E-state index in [1.807, 2.05) is 56.3 Å². The van der Waals surface area contributed by atoms with Crippen molar-refractivity contribution in [2.24, 2.45) is 0 Å². The Kier molecular flexibility index (Phi) is 5.54. The van der Waals surface area contributed by atoms with Crippen molar-refractivity contribution in [1.29, 1.82) is 0 Å². The third-order valence-corrected chi connectivity index (χ3v) is 7.44. The van der Waals surface area contributed by atoms with Gasteiger partial charge < -0.3 is 4.52 Å². The van der Waals surface area contributed by atoms with E-state index >= 15 is 0 Å². The molecule has 0 atom stereocenters. The number of nitrogens with zero attached hydrogens (tertiary/aromatic N) is 3. The second-order valence-corrected chi connectivity index (χ2v) is 9.25. The zero-order valence-electron chi connectivity index (χ0n) is 16.7. The third-order valence-electron chi connectivity index (χ3n) is 5.48. The van der Waals surface area contributed by atoms with Gasteiger partial charge in [-0.1, -0.05) is 53.7 Å². The highest BCUT2D eigenvalue weighted by atomic mass is 32.2. The Morgan fingerprint density at radius 1 is 0.931 bits per heavy atom. The van der Waals surface area contributed by atoms with Crippen LogP contribution in [0.3, 0.4) is 0 Å². The van der Waals surface area contributed by atoms with Crippen LogP contribution in [0.15, 0.2) is 64.0 Å². The molecule has 1 saturated heterocycles. The maximum absolute atomic E-state index is 13.4. The molecule has 0 unspecified atom stereocenters. The van der Waals surface area contributed by atoms with Gasteiger partial charge in [0.05, 0.1) is 10.6 Å². The van der Waals surface area contributed by atoms with Gasteiger partial charge in [0.2, 0.25) is 10.0 Å². The van der Waals surface area contributed by atoms with Crippen LogP contribution in [0.1, 0.15) is 17.0 Å². The fourth-order valence-corrected chi connectivity index (χ4v) is 5.40. The van der Waals surface area contributed by atoms with E-state index in [1.54, 1.807) is 16.4 Å². The second kappa shape index (κ2) is 8.10. The van der Waals surface area contributed by atoms with Crippen molar-refractivity contribution in [3.8, 4) is 11.1 Å². The van der Waals surface area contributed by atoms with E-state index in [1.165, 1.54) is 0 Å². The summed E-state index contributed by atoms with van der Waals surface area (Å²) in [5.41, 5.74) is 3.64. The first-order chi connectivity index (χ1) is 14.0. The van der Waals surface area contributed by atoms with Gasteiger partial charge in [-0.05, 0) is 25.5 Å². The van der Waals surface area contributed by atoms with Crippen molar-refractivity contribution in [2.75, 3.05) is 26.2 Å². The SMILES string of the molecule is Cc1noc(C)c1CN1CCN(S(=O)(=O)c2ccccc2-c2ccccc2)CC1. The van der Waals surface area contributed by atoms with Crippen molar-refractivity contribution in [2.45, 2.75) is 25.3 Å². The van der Waals surface area contributed by atoms with Gasteiger partial charge in [-0.2, -0.15) is 4.31 Å². The number of hydrogen-bond donors (Lipinski definition) is 0. The fraction of sp³-hybridized carbons (Fsp3) is 0.318. The Morgan fingerprint density at radius 3 is 2.24 bits per heavy atom. The molecule has 29 heavy (non-hydrogen) atoms. The number of sulfonamides is 1. The lowest BCUT2D eigenvalue weighted by molar-refractivity contribution is 0.180. The van der Waals surface area contributed by atoms with Crippen LogP contribution in [0, 0.1) is 13.8 Å². The lowest BCUT2D eigenvalue weighted by atomic mass is 10.1. The number of aryl methyl sites for hydroxylation is 2. The molecule has 3 aromatic rings. The molecule has 0 spiro atoms. The lowest BCUT2D eigenvalue weighted by Crippen LogP contribution is -2.48. The summed E-state index contributed by atoms with van der Waals surface area (Å²) in [5, 5.41) is 4.01. The summed E-state index contributed by atoms with van der Waals surface area (Å²) in [6, 6.07) is 16.9. The largest absolute Gasteiger partial charge is 0.361 e. The molecule has 0 radical (unpaired) electrons. The molecule has 2 aromatic carbocycles. The topological polar surface area (TPSA) is 66.7 Å². The zero-order chi connectivity index (χ0) is 20.4. The average Bonchev–Trinajstić information content (AvgIpc) is 3.07. The smallest absolute Gasteiger partial charge is 0.243 e. The highest BCUT2D eigenvalue weighted by Gasteiger charge is 2.30. The Bertz CT molecular complexity index is 1070. The second-order valence-electron chi connectivity index (χ2n) is 7.35. The van der Waals surface area contributed by atoms with Gasteiger partial charge in [-0.3, -0.25) is 4.90 Å². The van der Waals surface area contributed by atoms with E-state index < -0.39 is 10.0 Å². The third kappa shape index (κ3) is 3.99. The predicted octanol–water partition coefficient (Wildman–Crippen LogP) is 3.46. The van der Waals surface area contributed by atoms with Crippen LogP contribution in [0.25, 0.3) is 11.1 Å². The lowest BCUT2D eigenvalue weighted by Gasteiger charge is -2.34. The van der Waals surface area contributed by atoms with Crippen molar-refractivity contribution in [3.63, 3.8) is 0 Å². The van der Waals surface area contributed by atoms with Crippen molar-refractivity contribution in [1.82, 2.24) is 14.4 Å². The first kappa shape index (κ1) is 19.8. The quantitative estimate of drug-likeness (QED) is 0.643. The molecule has 0 N–H and O–H groups in total. The van der Waals surface area contributed by atoms with Gasteiger partial charge in [0.25, 0.3) is 0 Å². The maximum Gasteiger partial charge on any atom is 0.243 e. The number of hydrogen-bond acceptors (Lipinski definition) is 5. The van der Waals surface area contributed by atoms with Gasteiger partial charge in [-0.15, -0.1) is 0 Å². The molecule has 1 aliphatic heterocycles. The highest BCUT2D eigenvalue weighted by molar-refractivity contribution is 7.89. The summed E-state index contributed by atoms with van der Waals surface area (Å²) in [4.78, 5) is 2.62. The minimum Gasteiger partial charge on any atom is -0.361 e. The first-order valence-corrected chi connectivity index (χ1v) is 11.2. The van der Waals surface area contributed by atoms with Crippen LogP contribution in [0.4, 0.5) is 0 Å². The van der Waals surface area contributed by atoms with Crippen LogP contribution in [0.5, 0.6) is 0 Å². The molecule has 0 saturated carbocycles. The van der Waals surface area contributed by atoms with E-state index in [9.17, 15) is 8.42 Å². The molecule has 6 nitrogen and oxygen atoms in total. The minimum absolute atomic E-state index is 0.366. The molecule has 1 fully saturated rings. The monoisotopic (exact) mass is 411 g/mol. The summed E-state index contributed by atoms with van der Waals surface area (Å²) in [5.74, 6) is 0.828. The molecule has 1 aromatic heterocycles. The molecule has 0 bridgehead atoms. The van der Waals surface area contributed by atoms with E-state index in [0.29, 0.717) is 31.1 Å². The van der Waals surface area contributed by atoms with E-state index in [0.717, 1.165) is 34.7 Å². The summed E-state index contributed by atoms with van der Waals surface area (Å²) in [6.07, 6.45) is 0. The summed E-state index contributed by atoms with van der Waals surface area (Å²) >= 11 is 0. The van der Waals surface area contributed by atoms with Gasteiger partial charge >= 0.3 is 0 Å². The maximum atomic E-state index is 13.4. The highest BCUT2D eigenvalue weighted by Crippen LogP contribution is 2.30. The average molecular weight is 412 g/mol. The molecule has 4 rings (SSSR count). The molecule has 1 aliphatic rings. The molecular formula is C22H25N3O3S. The first-order valence-electron chi connectivity index (χ1n) is 9.75. The van der Waals surface area contributed by atoms with Gasteiger partial charge in [0.1, 0.15) is 5.76 Å². The van der Waals surface area contributed by atoms with Crippen LogP contribution in [-0.4, -0.2) is 49.0 Å². The number of rotatable bonds is 5. The van der Waals surface area contributed by atoms with Gasteiger partial charge in [0.15, 0.2) is 0 Å². The van der Waals surface area contributed by atoms with Crippen LogP contribution in [0.2, 0.25) is 0 Å². The fourth-order valence-electron chi connectivity index (χ4n) is 3.77. The molecule has 0 aliphatic carbocycles. The van der Waals surface area contributed by atoms with Crippen LogP contribution >= 0.6 is 0 Å². The molecule has 2 heterocycles. The van der Waals surface area contributed by atoms with E-state index in [4.69, 9.17) is 4.52 Å². The van der Waals surface area contributed by atoms with Crippen molar-refractivity contribution in [3.05, 3.63) is 71.6 Å². The van der Waals surface area contributed by atoms with E-state index in [-0.39, 0.29) is 0 Å². The predicted molar refractivity (Wildman–Crippen MR) is 112 cm³/mol.